The molecule has 0 spiro atoms. The van der Waals surface area contributed by atoms with E-state index < -0.39 is 0 Å². The van der Waals surface area contributed by atoms with Crippen molar-refractivity contribution in [1.82, 2.24) is 4.57 Å². The number of fused-ring (bicyclic) bond motifs is 11. The maximum atomic E-state index is 6.42. The van der Waals surface area contributed by atoms with Crippen LogP contribution in [0.3, 0.4) is 0 Å². The first-order valence-corrected chi connectivity index (χ1v) is 18.6. The first kappa shape index (κ1) is 27.8. The van der Waals surface area contributed by atoms with Crippen LogP contribution in [-0.4, -0.2) is 19.1 Å². The van der Waals surface area contributed by atoms with E-state index in [4.69, 9.17) is 4.42 Å². The zero-order valence-electron chi connectivity index (χ0n) is 26.9. The van der Waals surface area contributed by atoms with Crippen molar-refractivity contribution in [2.24, 2.45) is 0 Å². The van der Waals surface area contributed by atoms with Crippen LogP contribution in [0.2, 0.25) is 0 Å². The fourth-order valence-electron chi connectivity index (χ4n) is 7.91. The molecule has 8 aromatic carbocycles. The third-order valence-corrected chi connectivity index (χ3v) is 12.7. The number of para-hydroxylation sites is 3. The SMILES string of the molecule is c1cc(N(c2ccc3c(ccc4c5ccccc5[se]c34)c2)c2ccc3c(c2)oc2ccccc23)cc(-n2c3ccccc3c3ccccc32)c1. The third kappa shape index (κ3) is 4.10. The van der Waals surface area contributed by atoms with E-state index in [1.165, 1.54) is 51.9 Å². The molecule has 0 amide bonds. The van der Waals surface area contributed by atoms with E-state index in [1.54, 1.807) is 0 Å². The van der Waals surface area contributed by atoms with Crippen molar-refractivity contribution in [2.75, 3.05) is 4.90 Å². The predicted molar refractivity (Wildman–Crippen MR) is 212 cm³/mol. The van der Waals surface area contributed by atoms with E-state index in [0.717, 1.165) is 44.7 Å². The molecule has 3 heterocycles. The Balaban J connectivity index is 1.14. The van der Waals surface area contributed by atoms with Gasteiger partial charge in [0, 0.05) is 0 Å². The fourth-order valence-corrected chi connectivity index (χ4v) is 10.5. The number of anilines is 3. The van der Waals surface area contributed by atoms with E-state index in [2.05, 4.69) is 167 Å². The molecule has 0 aliphatic carbocycles. The summed E-state index contributed by atoms with van der Waals surface area (Å²) in [4.78, 5) is 2.37. The van der Waals surface area contributed by atoms with Crippen LogP contribution in [0, 0.1) is 0 Å². The minimum atomic E-state index is 0.287. The Bertz CT molecular complexity index is 3070. The van der Waals surface area contributed by atoms with Crippen molar-refractivity contribution in [3.63, 3.8) is 0 Å². The van der Waals surface area contributed by atoms with Gasteiger partial charge in [0.15, 0.2) is 0 Å². The van der Waals surface area contributed by atoms with Crippen LogP contribution in [0.25, 0.3) is 79.5 Å². The molecule has 4 heteroatoms. The number of hydrogen-bond donors (Lipinski definition) is 0. The van der Waals surface area contributed by atoms with Crippen molar-refractivity contribution in [3.8, 4) is 5.69 Å². The Morgan fingerprint density at radius 3 is 1.86 bits per heavy atom. The van der Waals surface area contributed by atoms with E-state index in [9.17, 15) is 0 Å². The second-order valence-electron chi connectivity index (χ2n) is 12.9. The van der Waals surface area contributed by atoms with Crippen LogP contribution in [0.15, 0.2) is 174 Å². The van der Waals surface area contributed by atoms with Crippen LogP contribution in [0.4, 0.5) is 17.1 Å². The number of benzene rings is 8. The van der Waals surface area contributed by atoms with Crippen LogP contribution in [0.1, 0.15) is 0 Å². The molecule has 50 heavy (non-hydrogen) atoms. The van der Waals surface area contributed by atoms with Gasteiger partial charge in [0.2, 0.25) is 0 Å². The minimum absolute atomic E-state index is 0.287. The van der Waals surface area contributed by atoms with Gasteiger partial charge >= 0.3 is 246 Å². The third-order valence-electron chi connectivity index (χ3n) is 10.1. The summed E-state index contributed by atoms with van der Waals surface area (Å²) in [5.41, 5.74) is 8.54. The normalized spacial score (nSPS) is 12.0. The topological polar surface area (TPSA) is 21.3 Å². The molecule has 0 aliphatic heterocycles. The first-order chi connectivity index (χ1) is 24.8. The number of nitrogens with zero attached hydrogens (tertiary/aromatic N) is 2. The van der Waals surface area contributed by atoms with Gasteiger partial charge in [-0.25, -0.2) is 0 Å². The molecule has 0 unspecified atom stereocenters. The van der Waals surface area contributed by atoms with Crippen molar-refractivity contribution < 1.29 is 4.42 Å². The standard InChI is InChI=1S/C46H28N2OSe/c1-5-16-41-35(12-1)36-13-2-6-17-42(36)48(41)31-11-9-10-30(27-31)47(33-22-25-38-37-14-3-7-18-43(37)49-44(38)28-33)32-21-24-34-29(26-32)20-23-40-39-15-4-8-19-45(39)50-46(34)40/h1-28H. The number of rotatable bonds is 4. The molecule has 234 valence electrons. The number of aromatic nitrogens is 1. The second kappa shape index (κ2) is 10.7. The Morgan fingerprint density at radius 2 is 1.04 bits per heavy atom. The van der Waals surface area contributed by atoms with Gasteiger partial charge < -0.3 is 0 Å². The molecule has 0 atom stereocenters. The molecule has 0 bridgehead atoms. The Morgan fingerprint density at radius 1 is 0.420 bits per heavy atom. The van der Waals surface area contributed by atoms with Crippen LogP contribution < -0.4 is 4.90 Å². The average molecular weight is 704 g/mol. The molecule has 0 saturated carbocycles. The van der Waals surface area contributed by atoms with Crippen LogP contribution in [0.5, 0.6) is 0 Å². The van der Waals surface area contributed by atoms with Crippen LogP contribution >= 0.6 is 0 Å². The summed E-state index contributed by atoms with van der Waals surface area (Å²) in [5.74, 6) is 0. The van der Waals surface area contributed by atoms with Gasteiger partial charge in [-0.1, -0.05) is 48.5 Å². The summed E-state index contributed by atoms with van der Waals surface area (Å²) in [7, 11) is 0. The van der Waals surface area contributed by atoms with E-state index in [1.807, 2.05) is 12.1 Å². The zero-order chi connectivity index (χ0) is 32.8. The Labute approximate surface area is 293 Å². The van der Waals surface area contributed by atoms with Crippen molar-refractivity contribution in [3.05, 3.63) is 170 Å². The van der Waals surface area contributed by atoms with E-state index >= 15 is 0 Å². The summed E-state index contributed by atoms with van der Waals surface area (Å²) < 4.78 is 11.7. The zero-order valence-corrected chi connectivity index (χ0v) is 28.6. The maximum absolute atomic E-state index is 6.42. The van der Waals surface area contributed by atoms with Gasteiger partial charge in [-0.3, -0.25) is 0 Å². The van der Waals surface area contributed by atoms with Gasteiger partial charge in [-0.15, -0.1) is 0 Å². The van der Waals surface area contributed by atoms with E-state index in [-0.39, 0.29) is 14.5 Å². The second-order valence-corrected chi connectivity index (χ2v) is 15.2. The molecular formula is C46H28N2OSe. The quantitative estimate of drug-likeness (QED) is 0.170. The summed E-state index contributed by atoms with van der Waals surface area (Å²) in [6, 6.07) is 61.7. The average Bonchev–Trinajstić information content (AvgIpc) is 3.84. The molecule has 0 saturated heterocycles. The summed E-state index contributed by atoms with van der Waals surface area (Å²) in [6.45, 7) is 0. The molecule has 11 aromatic rings. The molecule has 3 nitrogen and oxygen atoms in total. The molecule has 0 radical (unpaired) electrons. The molecule has 0 aliphatic rings. The van der Waals surface area contributed by atoms with Gasteiger partial charge in [-0.2, -0.15) is 0 Å². The Kier molecular flexibility index (Phi) is 5.97. The molecular weight excluding hydrogens is 675 g/mol. The monoisotopic (exact) mass is 704 g/mol. The number of hydrogen-bond acceptors (Lipinski definition) is 2. The van der Waals surface area contributed by atoms with Crippen LogP contribution in [-0.2, 0) is 0 Å². The predicted octanol–water partition coefficient (Wildman–Crippen LogP) is 12.7. The summed E-state index contributed by atoms with van der Waals surface area (Å²) >= 11 is 0.287. The van der Waals surface area contributed by atoms with Gasteiger partial charge in [0.1, 0.15) is 0 Å². The fraction of sp³-hybridized carbons (Fsp3) is 0. The molecule has 0 N–H and O–H groups in total. The first-order valence-electron chi connectivity index (χ1n) is 16.9. The summed E-state index contributed by atoms with van der Waals surface area (Å²) in [5, 5.41) is 10.1. The van der Waals surface area contributed by atoms with Crippen molar-refractivity contribution in [1.29, 1.82) is 0 Å². The van der Waals surface area contributed by atoms with Gasteiger partial charge in [0.25, 0.3) is 0 Å². The molecule has 3 aromatic heterocycles. The van der Waals surface area contributed by atoms with Gasteiger partial charge in [-0.05, 0) is 0 Å². The number of furan rings is 1. The van der Waals surface area contributed by atoms with Crippen molar-refractivity contribution in [2.45, 2.75) is 0 Å². The van der Waals surface area contributed by atoms with Crippen molar-refractivity contribution >= 4 is 105 Å². The molecule has 11 rings (SSSR count). The van der Waals surface area contributed by atoms with Gasteiger partial charge in [0.05, 0.1) is 0 Å². The summed E-state index contributed by atoms with van der Waals surface area (Å²) in [6.07, 6.45) is 0. The van der Waals surface area contributed by atoms with E-state index in [0.29, 0.717) is 0 Å². The Hall–Kier alpha value is -6.06. The molecule has 0 fully saturated rings.